The molecule has 0 spiro atoms. The molecule has 0 saturated carbocycles. The quantitative estimate of drug-likeness (QED) is 0.0169. The molecule has 0 aromatic rings. The van der Waals surface area contributed by atoms with E-state index in [9.17, 15) is 43.2 Å². The summed E-state index contributed by atoms with van der Waals surface area (Å²) in [6, 6.07) is 0. The molecule has 7 atom stereocenters. The highest BCUT2D eigenvalue weighted by atomic mass is 31.2. The maximum atomic E-state index is 13.0. The number of hydrogen-bond donors (Lipinski definition) is 3. The second-order valence-corrected chi connectivity index (χ2v) is 27.7. The zero-order valence-electron chi connectivity index (χ0n) is 56.0. The van der Waals surface area contributed by atoms with Gasteiger partial charge in [0.25, 0.3) is 0 Å². The molecule has 0 aliphatic rings. The zero-order valence-corrected chi connectivity index (χ0v) is 57.7. The van der Waals surface area contributed by atoms with Crippen LogP contribution in [0.2, 0.25) is 0 Å². The second-order valence-electron chi connectivity index (χ2n) is 24.8. The lowest BCUT2D eigenvalue weighted by molar-refractivity contribution is -0.161. The predicted octanol–water partition coefficient (Wildman–Crippen LogP) is 18.6. The Morgan fingerprint density at radius 3 is 1.02 bits per heavy atom. The lowest BCUT2D eigenvalue weighted by Gasteiger charge is -2.21. The number of carbonyl (C=O) groups excluding carboxylic acids is 4. The molecule has 0 radical (unpaired) electrons. The maximum absolute atomic E-state index is 13.0. The average Bonchev–Trinajstić information content (AvgIpc) is 3.71. The van der Waals surface area contributed by atoms with Crippen molar-refractivity contribution in [3.63, 3.8) is 0 Å². The Bertz CT molecular complexity index is 1810. The van der Waals surface area contributed by atoms with Crippen LogP contribution < -0.4 is 0 Å². The Hall–Kier alpha value is -2.46. The standard InChI is InChI=1S/C68H128O17P2/c1-8-11-12-13-14-15-16-17-18-19-20-21-27-37-44-51-67(72)84-63(55-78-65(70)49-42-35-29-24-25-32-39-46-59(4)5)57-82-86(74,75)80-53-62(69)54-81-87(76,77)83-58-64(56-79-66(71)50-43-36-31-30-34-41-48-61(7)10-3)85-68(73)52-45-38-28-23-22-26-33-40-47-60(6)9-2/h15-18,59-64,69H,8-14,19-58H2,1-7H3,(H,74,75)(H,76,77)/b16-15-,18-17-/t60?,61?,62?,63-,64-/m1/s1. The van der Waals surface area contributed by atoms with Gasteiger partial charge in [0.2, 0.25) is 0 Å². The van der Waals surface area contributed by atoms with Gasteiger partial charge in [0, 0.05) is 25.7 Å². The highest BCUT2D eigenvalue weighted by Crippen LogP contribution is 2.45. The number of aliphatic hydroxyl groups excluding tert-OH is 1. The second kappa shape index (κ2) is 58.6. The maximum Gasteiger partial charge on any atom is 0.472 e. The van der Waals surface area contributed by atoms with Crippen molar-refractivity contribution in [3.8, 4) is 0 Å². The van der Waals surface area contributed by atoms with Crippen LogP contribution in [0.5, 0.6) is 0 Å². The van der Waals surface area contributed by atoms with Crippen LogP contribution in [0.3, 0.4) is 0 Å². The first-order chi connectivity index (χ1) is 41.8. The van der Waals surface area contributed by atoms with Gasteiger partial charge in [-0.2, -0.15) is 0 Å². The van der Waals surface area contributed by atoms with Crippen molar-refractivity contribution in [2.45, 2.75) is 330 Å². The van der Waals surface area contributed by atoms with Gasteiger partial charge < -0.3 is 33.8 Å². The molecule has 0 heterocycles. The predicted molar refractivity (Wildman–Crippen MR) is 349 cm³/mol. The average molecular weight is 1280 g/mol. The van der Waals surface area contributed by atoms with E-state index in [2.05, 4.69) is 72.8 Å². The molecule has 0 aliphatic carbocycles. The first kappa shape index (κ1) is 84.5. The smallest absolute Gasteiger partial charge is 0.462 e. The Balaban J connectivity index is 5.30. The summed E-state index contributed by atoms with van der Waals surface area (Å²) in [5, 5.41) is 10.6. The van der Waals surface area contributed by atoms with E-state index >= 15 is 0 Å². The fraction of sp³-hybridized carbons (Fsp3) is 0.882. The molecule has 0 bridgehead atoms. The number of allylic oxidation sites excluding steroid dienone is 4. The Morgan fingerprint density at radius 1 is 0.379 bits per heavy atom. The van der Waals surface area contributed by atoms with Crippen molar-refractivity contribution in [3.05, 3.63) is 24.3 Å². The molecule has 19 heteroatoms. The fourth-order valence-corrected chi connectivity index (χ4v) is 11.2. The van der Waals surface area contributed by atoms with E-state index in [0.29, 0.717) is 31.6 Å². The van der Waals surface area contributed by atoms with E-state index in [1.54, 1.807) is 0 Å². The molecule has 87 heavy (non-hydrogen) atoms. The number of hydrogen-bond acceptors (Lipinski definition) is 15. The molecule has 0 rings (SSSR count). The minimum atomic E-state index is -4.96. The molecule has 512 valence electrons. The van der Waals surface area contributed by atoms with Crippen molar-refractivity contribution >= 4 is 39.5 Å². The third-order valence-electron chi connectivity index (χ3n) is 15.7. The normalized spacial score (nSPS) is 15.1. The highest BCUT2D eigenvalue weighted by molar-refractivity contribution is 7.47. The highest BCUT2D eigenvalue weighted by Gasteiger charge is 2.30. The monoisotopic (exact) mass is 1280 g/mol. The van der Waals surface area contributed by atoms with Crippen LogP contribution in [0, 0.1) is 17.8 Å². The van der Waals surface area contributed by atoms with E-state index < -0.39 is 97.5 Å². The summed E-state index contributed by atoms with van der Waals surface area (Å²) in [7, 11) is -9.91. The lowest BCUT2D eigenvalue weighted by atomic mass is 9.99. The van der Waals surface area contributed by atoms with Crippen molar-refractivity contribution in [1.82, 2.24) is 0 Å². The van der Waals surface area contributed by atoms with Gasteiger partial charge in [-0.15, -0.1) is 0 Å². The van der Waals surface area contributed by atoms with Gasteiger partial charge in [-0.3, -0.25) is 37.3 Å². The summed E-state index contributed by atoms with van der Waals surface area (Å²) in [6.07, 6.45) is 44.0. The SMILES string of the molecule is CCCCCC/C=C\C=C/CCCCCCCC(=O)O[C@H](COC(=O)CCCCCCCCCC(C)C)COP(=O)(O)OCC(O)COP(=O)(O)OC[C@@H](COC(=O)CCCCCCCCC(C)CC)OC(=O)CCCCCCCCCCC(C)CC. The summed E-state index contributed by atoms with van der Waals surface area (Å²) in [4.78, 5) is 72.4. The third-order valence-corrected chi connectivity index (χ3v) is 17.6. The van der Waals surface area contributed by atoms with Crippen LogP contribution in [0.1, 0.15) is 312 Å². The molecule has 0 aliphatic heterocycles. The minimum absolute atomic E-state index is 0.0835. The van der Waals surface area contributed by atoms with E-state index in [4.69, 9.17) is 37.0 Å². The largest absolute Gasteiger partial charge is 0.472 e. The van der Waals surface area contributed by atoms with E-state index in [1.165, 1.54) is 96.3 Å². The summed E-state index contributed by atoms with van der Waals surface area (Å²) in [6.45, 7) is 11.7. The molecule has 17 nitrogen and oxygen atoms in total. The van der Waals surface area contributed by atoms with Gasteiger partial charge in [0.1, 0.15) is 19.3 Å². The number of rotatable bonds is 64. The van der Waals surface area contributed by atoms with Crippen molar-refractivity contribution in [2.24, 2.45) is 17.8 Å². The van der Waals surface area contributed by atoms with Crippen molar-refractivity contribution < 1.29 is 80.2 Å². The first-order valence-corrected chi connectivity index (χ1v) is 37.7. The van der Waals surface area contributed by atoms with Crippen LogP contribution >= 0.6 is 15.6 Å². The summed E-state index contributed by atoms with van der Waals surface area (Å²) in [5.74, 6) is 0.0349. The van der Waals surface area contributed by atoms with Gasteiger partial charge in [-0.05, 0) is 69.1 Å². The van der Waals surface area contributed by atoms with E-state index in [1.807, 2.05) is 0 Å². The van der Waals surface area contributed by atoms with Crippen LogP contribution in [0.25, 0.3) is 0 Å². The third kappa shape index (κ3) is 59.6. The molecule has 0 fully saturated rings. The number of aliphatic hydroxyl groups is 1. The Morgan fingerprint density at radius 2 is 0.678 bits per heavy atom. The molecular weight excluding hydrogens is 1150 g/mol. The van der Waals surface area contributed by atoms with E-state index in [-0.39, 0.29) is 25.7 Å². The molecule has 0 amide bonds. The molecule has 0 aromatic heterocycles. The number of unbranched alkanes of at least 4 members (excludes halogenated alkanes) is 27. The van der Waals surface area contributed by atoms with Crippen molar-refractivity contribution in [2.75, 3.05) is 39.6 Å². The van der Waals surface area contributed by atoms with E-state index in [0.717, 1.165) is 127 Å². The number of phosphoric ester groups is 2. The fourth-order valence-electron chi connectivity index (χ4n) is 9.58. The molecule has 3 N–H and O–H groups in total. The first-order valence-electron chi connectivity index (χ1n) is 34.7. The summed E-state index contributed by atoms with van der Waals surface area (Å²) >= 11 is 0. The molecular formula is C68H128O17P2. The van der Waals surface area contributed by atoms with Gasteiger partial charge >= 0.3 is 39.5 Å². The minimum Gasteiger partial charge on any atom is -0.462 e. The zero-order chi connectivity index (χ0) is 64.5. The van der Waals surface area contributed by atoms with Gasteiger partial charge in [-0.1, -0.05) is 259 Å². The number of phosphoric acid groups is 2. The number of carbonyl (C=O) groups is 4. The van der Waals surface area contributed by atoms with Crippen molar-refractivity contribution in [1.29, 1.82) is 0 Å². The van der Waals surface area contributed by atoms with Gasteiger partial charge in [0.05, 0.1) is 26.4 Å². The lowest BCUT2D eigenvalue weighted by Crippen LogP contribution is -2.30. The molecule has 5 unspecified atom stereocenters. The van der Waals surface area contributed by atoms with Crippen LogP contribution in [-0.2, 0) is 65.4 Å². The molecule has 0 saturated heterocycles. The Labute approximate surface area is 529 Å². The molecule has 0 aromatic carbocycles. The number of esters is 4. The van der Waals surface area contributed by atoms with Gasteiger partial charge in [-0.25, -0.2) is 9.13 Å². The van der Waals surface area contributed by atoms with Crippen LogP contribution in [0.4, 0.5) is 0 Å². The Kier molecular flexibility index (Phi) is 57.0. The summed E-state index contributed by atoms with van der Waals surface area (Å²) in [5.41, 5.74) is 0. The van der Waals surface area contributed by atoms with Gasteiger partial charge in [0.15, 0.2) is 12.2 Å². The van der Waals surface area contributed by atoms with Crippen LogP contribution in [0.15, 0.2) is 24.3 Å². The summed E-state index contributed by atoms with van der Waals surface area (Å²) < 4.78 is 68.1. The van der Waals surface area contributed by atoms with Crippen LogP contribution in [-0.4, -0.2) is 96.7 Å². The number of ether oxygens (including phenoxy) is 4. The topological polar surface area (TPSA) is 237 Å².